The fourth-order valence-electron chi connectivity index (χ4n) is 2.61. The Morgan fingerprint density at radius 1 is 1.20 bits per heavy atom. The van der Waals surface area contributed by atoms with Gasteiger partial charge >= 0.3 is 0 Å². The van der Waals surface area contributed by atoms with Crippen molar-refractivity contribution in [1.82, 2.24) is 9.88 Å². The number of fused-ring (bicyclic) bond motifs is 1. The summed E-state index contributed by atoms with van der Waals surface area (Å²) in [5, 5.41) is 4.10. The molecule has 4 nitrogen and oxygen atoms in total. The van der Waals surface area contributed by atoms with Crippen LogP contribution in [0.1, 0.15) is 5.56 Å². The van der Waals surface area contributed by atoms with Crippen molar-refractivity contribution >= 4 is 34.1 Å². The molecule has 1 aromatic heterocycles. The maximum Gasteiger partial charge on any atom is 0.238 e. The minimum atomic E-state index is -0.389. The number of benzene rings is 2. The van der Waals surface area contributed by atoms with Crippen molar-refractivity contribution < 1.29 is 9.18 Å². The zero-order valence-corrected chi connectivity index (χ0v) is 14.4. The molecule has 2 aromatic carbocycles. The van der Waals surface area contributed by atoms with Crippen LogP contribution in [0.15, 0.2) is 54.6 Å². The van der Waals surface area contributed by atoms with Crippen LogP contribution in [0.25, 0.3) is 10.9 Å². The average molecular weight is 358 g/mol. The number of rotatable bonds is 5. The number of carbonyl (C=O) groups excluding carboxylic acids is 1. The van der Waals surface area contributed by atoms with Gasteiger partial charge < -0.3 is 5.32 Å². The molecular weight excluding hydrogens is 341 g/mol. The van der Waals surface area contributed by atoms with Crippen molar-refractivity contribution in [1.29, 1.82) is 0 Å². The van der Waals surface area contributed by atoms with Crippen molar-refractivity contribution in [2.75, 3.05) is 18.9 Å². The maximum absolute atomic E-state index is 13.2. The number of nitrogens with one attached hydrogen (secondary N) is 1. The van der Waals surface area contributed by atoms with Gasteiger partial charge in [-0.05, 0) is 37.4 Å². The largest absolute Gasteiger partial charge is 0.325 e. The van der Waals surface area contributed by atoms with Gasteiger partial charge in [-0.25, -0.2) is 9.37 Å². The SMILES string of the molecule is CN(CC(=O)Nc1cccc(F)c1)Cc1cc2ccccc2nc1Cl. The minimum Gasteiger partial charge on any atom is -0.325 e. The molecule has 0 fully saturated rings. The Morgan fingerprint density at radius 2 is 2.00 bits per heavy atom. The predicted molar refractivity (Wildman–Crippen MR) is 98.1 cm³/mol. The Kier molecular flexibility index (Phi) is 5.26. The van der Waals surface area contributed by atoms with Gasteiger partial charge in [-0.15, -0.1) is 0 Å². The molecule has 128 valence electrons. The Hall–Kier alpha value is -2.50. The normalized spacial score (nSPS) is 11.0. The van der Waals surface area contributed by atoms with E-state index in [9.17, 15) is 9.18 Å². The standard InChI is InChI=1S/C19H17ClFN3O/c1-24(12-18(25)22-16-7-4-6-15(21)10-16)11-14-9-13-5-2-3-8-17(13)23-19(14)20/h2-10H,11-12H2,1H3,(H,22,25). The number of para-hydroxylation sites is 1. The lowest BCUT2D eigenvalue weighted by Crippen LogP contribution is -2.30. The topological polar surface area (TPSA) is 45.2 Å². The van der Waals surface area contributed by atoms with Gasteiger partial charge in [0.1, 0.15) is 11.0 Å². The third kappa shape index (κ3) is 4.53. The van der Waals surface area contributed by atoms with Crippen molar-refractivity contribution in [3.8, 4) is 0 Å². The molecule has 0 atom stereocenters. The van der Waals surface area contributed by atoms with Gasteiger partial charge in [0.2, 0.25) is 5.91 Å². The van der Waals surface area contributed by atoms with Gasteiger partial charge in [-0.1, -0.05) is 35.9 Å². The van der Waals surface area contributed by atoms with E-state index in [1.54, 1.807) is 12.1 Å². The molecule has 0 saturated carbocycles. The number of nitrogens with zero attached hydrogens (tertiary/aromatic N) is 2. The Labute approximate surface area is 150 Å². The number of pyridine rings is 1. The molecule has 0 spiro atoms. The zero-order valence-electron chi connectivity index (χ0n) is 13.7. The summed E-state index contributed by atoms with van der Waals surface area (Å²) in [7, 11) is 1.82. The highest BCUT2D eigenvalue weighted by molar-refractivity contribution is 6.30. The van der Waals surface area contributed by atoms with Gasteiger partial charge in [-0.3, -0.25) is 9.69 Å². The summed E-state index contributed by atoms with van der Waals surface area (Å²) in [5.41, 5.74) is 2.12. The summed E-state index contributed by atoms with van der Waals surface area (Å²) in [6.07, 6.45) is 0. The van der Waals surface area contributed by atoms with E-state index in [0.717, 1.165) is 16.5 Å². The molecule has 0 radical (unpaired) electrons. The van der Waals surface area contributed by atoms with Gasteiger partial charge in [0.15, 0.2) is 0 Å². The number of hydrogen-bond acceptors (Lipinski definition) is 3. The van der Waals surface area contributed by atoms with E-state index in [-0.39, 0.29) is 18.3 Å². The highest BCUT2D eigenvalue weighted by atomic mass is 35.5. The second-order valence-electron chi connectivity index (χ2n) is 5.86. The monoisotopic (exact) mass is 357 g/mol. The van der Waals surface area contributed by atoms with E-state index in [2.05, 4.69) is 10.3 Å². The van der Waals surface area contributed by atoms with E-state index < -0.39 is 0 Å². The first-order valence-corrected chi connectivity index (χ1v) is 8.17. The number of halogens is 2. The number of hydrogen-bond donors (Lipinski definition) is 1. The number of anilines is 1. The van der Waals surface area contributed by atoms with E-state index in [1.165, 1.54) is 12.1 Å². The molecule has 0 aliphatic carbocycles. The van der Waals surface area contributed by atoms with Crippen LogP contribution in [-0.2, 0) is 11.3 Å². The molecule has 3 rings (SSSR count). The highest BCUT2D eigenvalue weighted by Crippen LogP contribution is 2.21. The lowest BCUT2D eigenvalue weighted by molar-refractivity contribution is -0.117. The van der Waals surface area contributed by atoms with Crippen LogP contribution in [0.5, 0.6) is 0 Å². The fourth-order valence-corrected chi connectivity index (χ4v) is 2.81. The van der Waals surface area contributed by atoms with Crippen molar-refractivity contribution in [3.05, 3.63) is 71.1 Å². The third-order valence-electron chi connectivity index (χ3n) is 3.71. The molecular formula is C19H17ClFN3O. The van der Waals surface area contributed by atoms with Gasteiger partial charge in [0.05, 0.1) is 12.1 Å². The second-order valence-corrected chi connectivity index (χ2v) is 6.22. The predicted octanol–water partition coefficient (Wildman–Crippen LogP) is 4.10. The van der Waals surface area contributed by atoms with Gasteiger partial charge in [-0.2, -0.15) is 0 Å². The summed E-state index contributed by atoms with van der Waals surface area (Å²) >= 11 is 6.25. The van der Waals surface area contributed by atoms with Crippen molar-refractivity contribution in [2.24, 2.45) is 0 Å². The fraction of sp³-hybridized carbons (Fsp3) is 0.158. The average Bonchev–Trinajstić information content (AvgIpc) is 2.55. The van der Waals surface area contributed by atoms with Gasteiger partial charge in [0, 0.05) is 23.2 Å². The zero-order chi connectivity index (χ0) is 17.8. The first kappa shape index (κ1) is 17.3. The summed E-state index contributed by atoms with van der Waals surface area (Å²) in [6, 6.07) is 15.5. The summed E-state index contributed by atoms with van der Waals surface area (Å²) < 4.78 is 13.2. The number of likely N-dealkylation sites (N-methyl/N-ethyl adjacent to an activating group) is 1. The molecule has 0 aliphatic heterocycles. The van der Waals surface area contributed by atoms with Crippen LogP contribution < -0.4 is 5.32 Å². The lowest BCUT2D eigenvalue weighted by Gasteiger charge is -2.17. The third-order valence-corrected chi connectivity index (χ3v) is 4.04. The van der Waals surface area contributed by atoms with E-state index in [0.29, 0.717) is 17.4 Å². The highest BCUT2D eigenvalue weighted by Gasteiger charge is 2.11. The van der Waals surface area contributed by atoms with E-state index in [4.69, 9.17) is 11.6 Å². The summed E-state index contributed by atoms with van der Waals surface area (Å²) in [4.78, 5) is 18.3. The number of aromatic nitrogens is 1. The smallest absolute Gasteiger partial charge is 0.238 e. The van der Waals surface area contributed by atoms with Crippen LogP contribution in [0.3, 0.4) is 0 Å². The molecule has 0 saturated heterocycles. The number of amides is 1. The van der Waals surface area contributed by atoms with Crippen molar-refractivity contribution in [2.45, 2.75) is 6.54 Å². The molecule has 0 aliphatic rings. The Balaban J connectivity index is 1.65. The van der Waals surface area contributed by atoms with Gasteiger partial charge in [0.25, 0.3) is 0 Å². The molecule has 6 heteroatoms. The van der Waals surface area contributed by atoms with E-state index in [1.807, 2.05) is 42.3 Å². The molecule has 1 heterocycles. The quantitative estimate of drug-likeness (QED) is 0.699. The van der Waals surface area contributed by atoms with Crippen molar-refractivity contribution in [3.63, 3.8) is 0 Å². The summed E-state index contributed by atoms with van der Waals surface area (Å²) in [5.74, 6) is -0.613. The Morgan fingerprint density at radius 3 is 2.80 bits per heavy atom. The van der Waals surface area contributed by atoms with Crippen LogP contribution in [0.4, 0.5) is 10.1 Å². The first-order valence-electron chi connectivity index (χ1n) is 7.79. The van der Waals surface area contributed by atoms with E-state index >= 15 is 0 Å². The van der Waals surface area contributed by atoms with Crippen LogP contribution in [0, 0.1) is 5.82 Å². The Bertz CT molecular complexity index is 916. The first-order chi connectivity index (χ1) is 12.0. The molecule has 0 unspecified atom stereocenters. The van der Waals surface area contributed by atoms with Crippen LogP contribution in [0.2, 0.25) is 5.15 Å². The maximum atomic E-state index is 13.2. The number of carbonyl (C=O) groups is 1. The lowest BCUT2D eigenvalue weighted by atomic mass is 10.1. The molecule has 0 bridgehead atoms. The summed E-state index contributed by atoms with van der Waals surface area (Å²) in [6.45, 7) is 0.632. The molecule has 25 heavy (non-hydrogen) atoms. The van der Waals surface area contributed by atoms with Crippen LogP contribution in [-0.4, -0.2) is 29.4 Å². The second kappa shape index (κ2) is 7.59. The van der Waals surface area contributed by atoms with Crippen LogP contribution >= 0.6 is 11.6 Å². The molecule has 1 N–H and O–H groups in total. The molecule has 1 amide bonds. The molecule has 3 aromatic rings. The minimum absolute atomic E-state index is 0.152.